The molecule has 0 unspecified atom stereocenters. The van der Waals surface area contributed by atoms with Crippen LogP contribution < -0.4 is 14.8 Å². The van der Waals surface area contributed by atoms with E-state index in [0.717, 1.165) is 10.9 Å². The van der Waals surface area contributed by atoms with E-state index in [9.17, 15) is 14.3 Å². The fraction of sp³-hybridized carbons (Fsp3) is 0.174. The Morgan fingerprint density at radius 1 is 1.12 bits per heavy atom. The van der Waals surface area contributed by atoms with E-state index in [1.165, 1.54) is 18.2 Å². The number of amides is 1. The Kier molecular flexibility index (Phi) is 6.45. The molecule has 32 heavy (non-hydrogen) atoms. The van der Waals surface area contributed by atoms with Gasteiger partial charge in [0.05, 0.1) is 12.8 Å². The predicted molar refractivity (Wildman–Crippen MR) is 115 cm³/mol. The van der Waals surface area contributed by atoms with Gasteiger partial charge in [0.2, 0.25) is 0 Å². The van der Waals surface area contributed by atoms with Gasteiger partial charge in [0, 0.05) is 35.3 Å². The summed E-state index contributed by atoms with van der Waals surface area (Å²) in [6.07, 6.45) is 3.83. The van der Waals surface area contributed by atoms with Crippen molar-refractivity contribution in [2.24, 2.45) is 0 Å². The molecule has 3 N–H and O–H groups in total. The number of para-hydroxylation sites is 1. The molecule has 8 nitrogen and oxygen atoms in total. The van der Waals surface area contributed by atoms with Crippen LogP contribution in [0.3, 0.4) is 0 Å². The fourth-order valence-electron chi connectivity index (χ4n) is 3.05. The van der Waals surface area contributed by atoms with E-state index in [1.807, 2.05) is 6.07 Å². The number of carbonyl (C=O) groups excluding carboxylic acids is 1. The predicted octanol–water partition coefficient (Wildman–Crippen LogP) is 3.58. The second kappa shape index (κ2) is 9.78. The van der Waals surface area contributed by atoms with Crippen LogP contribution in [0.25, 0.3) is 11.0 Å². The first-order valence-corrected chi connectivity index (χ1v) is 9.99. The van der Waals surface area contributed by atoms with Gasteiger partial charge >= 0.3 is 0 Å². The first kappa shape index (κ1) is 21.1. The van der Waals surface area contributed by atoms with E-state index in [4.69, 9.17) is 9.47 Å². The van der Waals surface area contributed by atoms with Crippen molar-refractivity contribution in [1.29, 1.82) is 0 Å². The summed E-state index contributed by atoms with van der Waals surface area (Å²) in [7, 11) is 0. The van der Waals surface area contributed by atoms with Crippen molar-refractivity contribution < 1.29 is 23.8 Å². The molecule has 1 amide bonds. The average Bonchev–Trinajstić information content (AvgIpc) is 3.26. The molecule has 0 bridgehead atoms. The number of phenols is 1. The van der Waals surface area contributed by atoms with Crippen LogP contribution in [0.1, 0.15) is 22.3 Å². The number of nitrogens with zero attached hydrogens (tertiary/aromatic N) is 2. The molecule has 0 aliphatic carbocycles. The summed E-state index contributed by atoms with van der Waals surface area (Å²) in [5.74, 6) is -0.345. The number of phenolic OH excluding ortho intramolecular Hbond substituents is 1. The highest BCUT2D eigenvalue weighted by Crippen LogP contribution is 2.23. The van der Waals surface area contributed by atoms with E-state index in [-0.39, 0.29) is 36.2 Å². The summed E-state index contributed by atoms with van der Waals surface area (Å²) in [6.45, 7) is 0.798. The van der Waals surface area contributed by atoms with Gasteiger partial charge in [-0.2, -0.15) is 5.10 Å². The lowest BCUT2D eigenvalue weighted by molar-refractivity contribution is 0.0950. The van der Waals surface area contributed by atoms with Gasteiger partial charge in [0.25, 0.3) is 5.91 Å². The molecule has 0 aliphatic rings. The number of nitrogens with one attached hydrogen (secondary N) is 2. The summed E-state index contributed by atoms with van der Waals surface area (Å²) in [5, 5.41) is 20.3. The van der Waals surface area contributed by atoms with Crippen molar-refractivity contribution in [2.45, 2.75) is 13.0 Å². The smallest absolute Gasteiger partial charge is 0.251 e. The minimum Gasteiger partial charge on any atom is -0.508 e. The molecule has 4 aromatic rings. The normalized spacial score (nSPS) is 10.8. The highest BCUT2D eigenvalue weighted by atomic mass is 19.1. The lowest BCUT2D eigenvalue weighted by Gasteiger charge is -2.10. The van der Waals surface area contributed by atoms with Gasteiger partial charge < -0.3 is 19.9 Å². The van der Waals surface area contributed by atoms with Crippen molar-refractivity contribution in [3.63, 3.8) is 0 Å². The third kappa shape index (κ3) is 5.31. The van der Waals surface area contributed by atoms with Crippen molar-refractivity contribution >= 4 is 16.9 Å². The zero-order chi connectivity index (χ0) is 22.3. The summed E-state index contributed by atoms with van der Waals surface area (Å²) < 4.78 is 24.6. The number of pyridine rings is 1. The minimum atomic E-state index is -0.427. The molecule has 164 valence electrons. The van der Waals surface area contributed by atoms with Crippen LogP contribution in [0.4, 0.5) is 4.39 Å². The number of benzene rings is 2. The van der Waals surface area contributed by atoms with E-state index in [0.29, 0.717) is 24.4 Å². The number of rotatable bonds is 9. The number of hydrogen-bond donors (Lipinski definition) is 3. The van der Waals surface area contributed by atoms with E-state index in [1.54, 1.807) is 36.7 Å². The van der Waals surface area contributed by atoms with Crippen LogP contribution in [0.2, 0.25) is 0 Å². The van der Waals surface area contributed by atoms with Crippen molar-refractivity contribution in [3.8, 4) is 17.2 Å². The summed E-state index contributed by atoms with van der Waals surface area (Å²) in [5.41, 5.74) is 1.77. The number of carbonyl (C=O) groups is 1. The standard InChI is InChI=1S/C23H21FN4O4/c24-20-4-1-2-5-21(20)31-7-3-6-25-23(30)16-9-18(29)11-19(10-16)32-14-15-8-17-13-27-28-22(17)26-12-15/h1-2,4-5,8-13,29H,3,6-7,14H2,(H,25,30)(H,26,27,28). The maximum absolute atomic E-state index is 13.5. The SMILES string of the molecule is O=C(NCCCOc1ccccc1F)c1cc(O)cc(OCc2cnc3[nH]ncc3c2)c1. The topological polar surface area (TPSA) is 109 Å². The maximum Gasteiger partial charge on any atom is 0.251 e. The van der Waals surface area contributed by atoms with Crippen molar-refractivity contribution in [3.05, 3.63) is 77.9 Å². The van der Waals surface area contributed by atoms with Crippen LogP contribution in [0.5, 0.6) is 17.2 Å². The Hall–Kier alpha value is -4.14. The molecule has 0 radical (unpaired) electrons. The number of aromatic hydroxyl groups is 1. The van der Waals surface area contributed by atoms with Crippen LogP contribution in [-0.4, -0.2) is 39.3 Å². The number of ether oxygens (including phenoxy) is 2. The summed E-state index contributed by atoms with van der Waals surface area (Å²) >= 11 is 0. The molecule has 0 spiro atoms. The minimum absolute atomic E-state index is 0.0843. The highest BCUT2D eigenvalue weighted by Gasteiger charge is 2.10. The third-order valence-electron chi connectivity index (χ3n) is 4.61. The largest absolute Gasteiger partial charge is 0.508 e. The van der Waals surface area contributed by atoms with Gasteiger partial charge in [-0.25, -0.2) is 9.37 Å². The zero-order valence-electron chi connectivity index (χ0n) is 17.0. The zero-order valence-corrected chi connectivity index (χ0v) is 17.0. The molecule has 4 rings (SSSR count). The number of hydrogen-bond acceptors (Lipinski definition) is 6. The second-order valence-electron chi connectivity index (χ2n) is 7.04. The first-order valence-electron chi connectivity index (χ1n) is 9.99. The van der Waals surface area contributed by atoms with Gasteiger partial charge in [0.15, 0.2) is 17.2 Å². The number of aromatic amines is 1. The van der Waals surface area contributed by atoms with E-state index >= 15 is 0 Å². The molecule has 0 saturated heterocycles. The van der Waals surface area contributed by atoms with Crippen LogP contribution in [0.15, 0.2) is 60.9 Å². The summed E-state index contributed by atoms with van der Waals surface area (Å²) in [4.78, 5) is 16.7. The number of aromatic nitrogens is 3. The lowest BCUT2D eigenvalue weighted by atomic mass is 10.2. The van der Waals surface area contributed by atoms with Crippen LogP contribution >= 0.6 is 0 Å². The third-order valence-corrected chi connectivity index (χ3v) is 4.61. The monoisotopic (exact) mass is 436 g/mol. The fourth-order valence-corrected chi connectivity index (χ4v) is 3.05. The molecular weight excluding hydrogens is 415 g/mol. The Balaban J connectivity index is 1.28. The molecule has 0 fully saturated rings. The van der Waals surface area contributed by atoms with Gasteiger partial charge in [-0.15, -0.1) is 0 Å². The Bertz CT molecular complexity index is 1230. The molecule has 0 saturated carbocycles. The Morgan fingerprint density at radius 2 is 2.00 bits per heavy atom. The van der Waals surface area contributed by atoms with E-state index < -0.39 is 5.82 Å². The average molecular weight is 436 g/mol. The molecule has 2 aromatic heterocycles. The highest BCUT2D eigenvalue weighted by molar-refractivity contribution is 5.95. The van der Waals surface area contributed by atoms with Gasteiger partial charge in [-0.3, -0.25) is 9.89 Å². The van der Waals surface area contributed by atoms with Gasteiger partial charge in [-0.1, -0.05) is 12.1 Å². The van der Waals surface area contributed by atoms with Crippen LogP contribution in [-0.2, 0) is 6.61 Å². The Morgan fingerprint density at radius 3 is 2.88 bits per heavy atom. The van der Waals surface area contributed by atoms with Gasteiger partial charge in [0.1, 0.15) is 18.1 Å². The lowest BCUT2D eigenvalue weighted by Crippen LogP contribution is -2.25. The molecule has 0 atom stereocenters. The Labute approximate surface area is 183 Å². The van der Waals surface area contributed by atoms with Crippen molar-refractivity contribution in [2.75, 3.05) is 13.2 Å². The molecule has 0 aliphatic heterocycles. The molecule has 2 aromatic carbocycles. The summed E-state index contributed by atoms with van der Waals surface area (Å²) in [6, 6.07) is 12.4. The molecule has 9 heteroatoms. The molecule has 2 heterocycles. The van der Waals surface area contributed by atoms with Crippen LogP contribution in [0, 0.1) is 5.82 Å². The van der Waals surface area contributed by atoms with Crippen molar-refractivity contribution in [1.82, 2.24) is 20.5 Å². The number of halogens is 1. The number of fused-ring (bicyclic) bond motifs is 1. The molecular formula is C23H21FN4O4. The quantitative estimate of drug-likeness (QED) is 0.346. The number of H-pyrrole nitrogens is 1. The first-order chi connectivity index (χ1) is 15.6. The maximum atomic E-state index is 13.5. The second-order valence-corrected chi connectivity index (χ2v) is 7.04. The van der Waals surface area contributed by atoms with E-state index in [2.05, 4.69) is 20.5 Å². The van der Waals surface area contributed by atoms with Gasteiger partial charge in [-0.05, 0) is 36.8 Å².